The van der Waals surface area contributed by atoms with Crippen LogP contribution in [0.25, 0.3) is 0 Å². The van der Waals surface area contributed by atoms with Gasteiger partial charge in [-0.25, -0.2) is 0 Å². The first-order valence-electron chi connectivity index (χ1n) is 8.97. The molecular formula is C20H25N2OS+. The highest BCUT2D eigenvalue weighted by atomic mass is 32.1. The molecule has 3 nitrogen and oxygen atoms in total. The Balaban J connectivity index is 1.42. The van der Waals surface area contributed by atoms with Gasteiger partial charge >= 0.3 is 0 Å². The number of fused-ring (bicyclic) bond motifs is 1. The fourth-order valence-corrected chi connectivity index (χ4v) is 4.95. The molecule has 4 heteroatoms. The van der Waals surface area contributed by atoms with Gasteiger partial charge in [0.1, 0.15) is 6.04 Å². The first-order chi connectivity index (χ1) is 11.7. The van der Waals surface area contributed by atoms with E-state index in [1.807, 2.05) is 29.5 Å². The second-order valence-corrected chi connectivity index (χ2v) is 8.15. The maximum absolute atomic E-state index is 12.6. The van der Waals surface area contributed by atoms with Crippen LogP contribution in [0.15, 0.2) is 41.8 Å². The standard InChI is InChI=1S/C20H24N2OS/c1-14(15-5-3-2-4-6-15)21-19(23)13-22-11-9-18-17(10-12-24-18)20(22)16-7-8-16/h2-6,10,12,14,16,20H,7-9,11,13H2,1H3,(H,21,23)/p+1/t14-,20-/m0/s1. The molecule has 4 rings (SSSR count). The Bertz CT molecular complexity index is 707. The lowest BCUT2D eigenvalue weighted by atomic mass is 9.96. The molecule has 1 aromatic carbocycles. The molecule has 1 aromatic heterocycles. The molecule has 0 bridgehead atoms. The summed E-state index contributed by atoms with van der Waals surface area (Å²) >= 11 is 1.89. The van der Waals surface area contributed by atoms with Crippen LogP contribution in [0, 0.1) is 5.92 Å². The van der Waals surface area contributed by atoms with Gasteiger partial charge in [-0.15, -0.1) is 11.3 Å². The third kappa shape index (κ3) is 3.26. The molecule has 2 heterocycles. The van der Waals surface area contributed by atoms with E-state index in [1.54, 1.807) is 4.88 Å². The Morgan fingerprint density at radius 2 is 2.08 bits per heavy atom. The highest BCUT2D eigenvalue weighted by molar-refractivity contribution is 7.10. The highest BCUT2D eigenvalue weighted by Gasteiger charge is 2.43. The molecular weight excluding hydrogens is 316 g/mol. The van der Waals surface area contributed by atoms with Crippen LogP contribution < -0.4 is 10.2 Å². The minimum atomic E-state index is 0.0685. The third-order valence-corrected chi connectivity index (χ3v) is 6.38. The van der Waals surface area contributed by atoms with E-state index in [9.17, 15) is 4.79 Å². The van der Waals surface area contributed by atoms with Crippen LogP contribution in [-0.2, 0) is 11.2 Å². The number of amides is 1. The number of hydrogen-bond donors (Lipinski definition) is 2. The van der Waals surface area contributed by atoms with E-state index in [4.69, 9.17) is 0 Å². The average Bonchev–Trinajstić information content (AvgIpc) is 3.31. The van der Waals surface area contributed by atoms with Crippen LogP contribution in [-0.4, -0.2) is 19.0 Å². The second kappa shape index (κ2) is 6.69. The number of carbonyl (C=O) groups excluding carboxylic acids is 1. The third-order valence-electron chi connectivity index (χ3n) is 5.39. The van der Waals surface area contributed by atoms with E-state index in [-0.39, 0.29) is 11.9 Å². The van der Waals surface area contributed by atoms with Crippen molar-refractivity contribution in [2.24, 2.45) is 5.92 Å². The largest absolute Gasteiger partial charge is 0.345 e. The van der Waals surface area contributed by atoms with Crippen molar-refractivity contribution in [1.82, 2.24) is 5.32 Å². The van der Waals surface area contributed by atoms with Crippen molar-refractivity contribution in [2.45, 2.75) is 38.3 Å². The van der Waals surface area contributed by atoms with Crippen LogP contribution in [0.4, 0.5) is 0 Å². The van der Waals surface area contributed by atoms with Crippen molar-refractivity contribution >= 4 is 17.2 Å². The predicted molar refractivity (Wildman–Crippen MR) is 97.2 cm³/mol. The smallest absolute Gasteiger partial charge is 0.275 e. The molecule has 0 saturated heterocycles. The second-order valence-electron chi connectivity index (χ2n) is 7.15. The normalized spacial score (nSPS) is 24.2. The summed E-state index contributed by atoms with van der Waals surface area (Å²) in [4.78, 5) is 15.6. The Kier molecular flexibility index (Phi) is 4.42. The van der Waals surface area contributed by atoms with Gasteiger partial charge in [0.15, 0.2) is 6.54 Å². The first-order valence-corrected chi connectivity index (χ1v) is 9.85. The molecule has 1 fully saturated rings. The summed E-state index contributed by atoms with van der Waals surface area (Å²) in [5.74, 6) is 0.957. The number of quaternary nitrogens is 1. The van der Waals surface area contributed by atoms with Crippen molar-refractivity contribution in [2.75, 3.05) is 13.1 Å². The summed E-state index contributed by atoms with van der Waals surface area (Å²) in [7, 11) is 0. The van der Waals surface area contributed by atoms with Crippen molar-refractivity contribution in [3.8, 4) is 0 Å². The van der Waals surface area contributed by atoms with Gasteiger partial charge in [0, 0.05) is 22.8 Å². The lowest BCUT2D eigenvalue weighted by Gasteiger charge is -2.32. The van der Waals surface area contributed by atoms with Crippen molar-refractivity contribution in [1.29, 1.82) is 0 Å². The lowest BCUT2D eigenvalue weighted by molar-refractivity contribution is -0.928. The van der Waals surface area contributed by atoms with E-state index in [1.165, 1.54) is 28.9 Å². The number of benzene rings is 1. The van der Waals surface area contributed by atoms with Crippen LogP contribution in [0.1, 0.15) is 47.9 Å². The zero-order chi connectivity index (χ0) is 16.5. The van der Waals surface area contributed by atoms with Crippen molar-refractivity contribution in [3.05, 3.63) is 57.8 Å². The highest BCUT2D eigenvalue weighted by Crippen LogP contribution is 2.42. The number of thiophene rings is 1. The van der Waals surface area contributed by atoms with E-state index in [0.29, 0.717) is 12.6 Å². The van der Waals surface area contributed by atoms with Gasteiger partial charge in [-0.3, -0.25) is 4.79 Å². The summed E-state index contributed by atoms with van der Waals surface area (Å²) < 4.78 is 0. The van der Waals surface area contributed by atoms with Crippen LogP contribution in [0.3, 0.4) is 0 Å². The molecule has 2 aromatic rings. The monoisotopic (exact) mass is 341 g/mol. The van der Waals surface area contributed by atoms with E-state index in [2.05, 4.69) is 35.8 Å². The van der Waals surface area contributed by atoms with Crippen molar-refractivity contribution in [3.63, 3.8) is 0 Å². The topological polar surface area (TPSA) is 33.5 Å². The summed E-state index contributed by atoms with van der Waals surface area (Å²) in [6.07, 6.45) is 3.77. The zero-order valence-electron chi connectivity index (χ0n) is 14.1. The molecule has 1 saturated carbocycles. The molecule has 0 spiro atoms. The van der Waals surface area contributed by atoms with Gasteiger partial charge in [0.05, 0.1) is 12.6 Å². The van der Waals surface area contributed by atoms with Gasteiger partial charge in [-0.05, 0) is 36.8 Å². The van der Waals surface area contributed by atoms with Gasteiger partial charge < -0.3 is 10.2 Å². The summed E-state index contributed by atoms with van der Waals surface area (Å²) in [6.45, 7) is 3.74. The molecule has 126 valence electrons. The van der Waals surface area contributed by atoms with Gasteiger partial charge in [-0.1, -0.05) is 30.3 Å². The minimum absolute atomic E-state index is 0.0685. The number of rotatable bonds is 5. The zero-order valence-corrected chi connectivity index (χ0v) is 14.9. The number of nitrogens with one attached hydrogen (secondary N) is 2. The van der Waals surface area contributed by atoms with Crippen molar-refractivity contribution < 1.29 is 9.69 Å². The van der Waals surface area contributed by atoms with E-state index < -0.39 is 0 Å². The van der Waals surface area contributed by atoms with Crippen LogP contribution >= 0.6 is 11.3 Å². The average molecular weight is 342 g/mol. The summed E-state index contributed by atoms with van der Waals surface area (Å²) in [6, 6.07) is 13.1. The Hall–Kier alpha value is -1.65. The summed E-state index contributed by atoms with van der Waals surface area (Å²) in [5, 5.41) is 5.41. The fraction of sp³-hybridized carbons (Fsp3) is 0.450. The van der Waals surface area contributed by atoms with Gasteiger partial charge in [0.2, 0.25) is 0 Å². The SMILES string of the molecule is C[C@H](NC(=O)C[NH+]1CCc2sccc2[C@@H]1C1CC1)c1ccccc1. The van der Waals surface area contributed by atoms with Crippen LogP contribution in [0.5, 0.6) is 0 Å². The number of hydrogen-bond acceptors (Lipinski definition) is 2. The van der Waals surface area contributed by atoms with E-state index >= 15 is 0 Å². The van der Waals surface area contributed by atoms with Crippen LogP contribution in [0.2, 0.25) is 0 Å². The molecule has 3 atom stereocenters. The Labute approximate surface area is 147 Å². The lowest BCUT2D eigenvalue weighted by Crippen LogP contribution is -3.14. The minimum Gasteiger partial charge on any atom is -0.345 e. The predicted octanol–water partition coefficient (Wildman–Crippen LogP) is 2.52. The Morgan fingerprint density at radius 3 is 2.83 bits per heavy atom. The molecule has 1 aliphatic carbocycles. The van der Waals surface area contributed by atoms with E-state index in [0.717, 1.165) is 18.9 Å². The maximum Gasteiger partial charge on any atom is 0.275 e. The molecule has 1 aliphatic heterocycles. The van der Waals surface area contributed by atoms with Gasteiger partial charge in [0.25, 0.3) is 5.91 Å². The maximum atomic E-state index is 12.6. The number of carbonyl (C=O) groups is 1. The molecule has 1 amide bonds. The fourth-order valence-electron chi connectivity index (χ4n) is 4.02. The first kappa shape index (κ1) is 15.9. The quantitative estimate of drug-likeness (QED) is 0.861. The molecule has 0 radical (unpaired) electrons. The summed E-state index contributed by atoms with van der Waals surface area (Å²) in [5.41, 5.74) is 2.69. The molecule has 2 N–H and O–H groups in total. The Morgan fingerprint density at radius 1 is 1.29 bits per heavy atom. The molecule has 1 unspecified atom stereocenters. The molecule has 24 heavy (non-hydrogen) atoms. The molecule has 2 aliphatic rings. The van der Waals surface area contributed by atoms with Gasteiger partial charge in [-0.2, -0.15) is 0 Å².